The van der Waals surface area contributed by atoms with E-state index >= 15 is 0 Å². The van der Waals surface area contributed by atoms with Crippen LogP contribution in [0.3, 0.4) is 0 Å². The van der Waals surface area contributed by atoms with Crippen molar-refractivity contribution >= 4 is 6.09 Å². The lowest BCUT2D eigenvalue weighted by molar-refractivity contribution is 0.0235. The first-order valence-electron chi connectivity index (χ1n) is 7.20. The number of ether oxygens (including phenoxy) is 1. The second-order valence-electron chi connectivity index (χ2n) is 6.60. The number of nitrogens with zero attached hydrogens (tertiary/aromatic N) is 1. The molecule has 0 fully saturated rings. The molecule has 0 spiro atoms. The highest BCUT2D eigenvalue weighted by Gasteiger charge is 2.27. The summed E-state index contributed by atoms with van der Waals surface area (Å²) in [5.74, 6) is -0.271. The molecule has 0 bridgehead atoms. The molecule has 0 saturated carbocycles. The fraction of sp³-hybridized carbons (Fsp3) is 0.562. The van der Waals surface area contributed by atoms with Gasteiger partial charge in [0.2, 0.25) is 0 Å². The van der Waals surface area contributed by atoms with Gasteiger partial charge in [0.1, 0.15) is 11.4 Å². The number of fused-ring (bicyclic) bond motifs is 1. The van der Waals surface area contributed by atoms with E-state index in [1.54, 1.807) is 17.9 Å². The van der Waals surface area contributed by atoms with Crippen LogP contribution in [0, 0.1) is 12.7 Å². The molecule has 4 nitrogen and oxygen atoms in total. The van der Waals surface area contributed by atoms with Crippen molar-refractivity contribution in [3.05, 3.63) is 34.6 Å². The van der Waals surface area contributed by atoms with Crippen LogP contribution in [0.2, 0.25) is 0 Å². The van der Waals surface area contributed by atoms with Gasteiger partial charge in [-0.25, -0.2) is 9.18 Å². The third-order valence-corrected chi connectivity index (χ3v) is 3.54. The van der Waals surface area contributed by atoms with Crippen LogP contribution in [0.15, 0.2) is 12.1 Å². The Bertz CT molecular complexity index is 552. The minimum Gasteiger partial charge on any atom is -0.444 e. The molecule has 0 radical (unpaired) electrons. The summed E-state index contributed by atoms with van der Waals surface area (Å²) in [5, 5.41) is 0. The second kappa shape index (κ2) is 5.64. The number of halogens is 1. The standard InChI is InChI=1S/C16H23FN2O2/c1-10-7-12-11(8-13(10)17)9-19(6-5-14(12)18)15(20)21-16(2,3)4/h7-8,14H,5-6,9,18H2,1-4H3. The van der Waals surface area contributed by atoms with Crippen LogP contribution >= 0.6 is 0 Å². The molecule has 1 amide bonds. The Balaban J connectivity index is 2.27. The quantitative estimate of drug-likeness (QED) is 0.799. The van der Waals surface area contributed by atoms with Gasteiger partial charge in [-0.2, -0.15) is 0 Å². The summed E-state index contributed by atoms with van der Waals surface area (Å²) < 4.78 is 19.2. The van der Waals surface area contributed by atoms with Gasteiger partial charge in [-0.3, -0.25) is 0 Å². The molecule has 2 N–H and O–H groups in total. The van der Waals surface area contributed by atoms with Gasteiger partial charge < -0.3 is 15.4 Å². The molecule has 1 aliphatic rings. The van der Waals surface area contributed by atoms with Crippen LogP contribution in [-0.2, 0) is 11.3 Å². The molecule has 21 heavy (non-hydrogen) atoms. The van der Waals surface area contributed by atoms with Crippen molar-refractivity contribution in [1.29, 1.82) is 0 Å². The Hall–Kier alpha value is -1.62. The lowest BCUT2D eigenvalue weighted by Gasteiger charge is -2.26. The molecular weight excluding hydrogens is 271 g/mol. The lowest BCUT2D eigenvalue weighted by atomic mass is 9.97. The molecule has 1 aliphatic heterocycles. The van der Waals surface area contributed by atoms with Gasteiger partial charge in [0.25, 0.3) is 0 Å². The summed E-state index contributed by atoms with van der Waals surface area (Å²) in [7, 11) is 0. The highest BCUT2D eigenvalue weighted by atomic mass is 19.1. The molecule has 1 aromatic carbocycles. The van der Waals surface area contributed by atoms with Crippen molar-refractivity contribution in [1.82, 2.24) is 4.90 Å². The summed E-state index contributed by atoms with van der Waals surface area (Å²) in [6.07, 6.45) is 0.251. The second-order valence-corrected chi connectivity index (χ2v) is 6.60. The molecule has 1 atom stereocenters. The Morgan fingerprint density at radius 2 is 2.10 bits per heavy atom. The third-order valence-electron chi connectivity index (χ3n) is 3.54. The highest BCUT2D eigenvalue weighted by molar-refractivity contribution is 5.68. The van der Waals surface area contributed by atoms with Crippen molar-refractivity contribution in [2.24, 2.45) is 5.73 Å². The van der Waals surface area contributed by atoms with Crippen molar-refractivity contribution in [3.63, 3.8) is 0 Å². The summed E-state index contributed by atoms with van der Waals surface area (Å²) in [5.41, 5.74) is 7.86. The Labute approximate surface area is 125 Å². The average molecular weight is 294 g/mol. The van der Waals surface area contributed by atoms with E-state index in [0.717, 1.165) is 11.1 Å². The minimum absolute atomic E-state index is 0.188. The first kappa shape index (κ1) is 15.8. The van der Waals surface area contributed by atoms with E-state index in [2.05, 4.69) is 0 Å². The molecule has 0 aromatic heterocycles. The largest absolute Gasteiger partial charge is 0.444 e. The van der Waals surface area contributed by atoms with E-state index in [1.807, 2.05) is 20.8 Å². The van der Waals surface area contributed by atoms with Crippen LogP contribution in [0.4, 0.5) is 9.18 Å². The molecule has 2 rings (SSSR count). The Kier molecular flexibility index (Phi) is 4.23. The predicted octanol–water partition coefficient (Wildman–Crippen LogP) is 3.27. The Morgan fingerprint density at radius 3 is 2.71 bits per heavy atom. The van der Waals surface area contributed by atoms with Crippen LogP contribution < -0.4 is 5.73 Å². The van der Waals surface area contributed by atoms with Crippen LogP contribution in [0.1, 0.15) is 49.9 Å². The van der Waals surface area contributed by atoms with Crippen LogP contribution in [0.5, 0.6) is 0 Å². The number of rotatable bonds is 0. The molecule has 0 saturated heterocycles. The van der Waals surface area contributed by atoms with Crippen molar-refractivity contribution in [3.8, 4) is 0 Å². The smallest absolute Gasteiger partial charge is 0.410 e. The van der Waals surface area contributed by atoms with Crippen molar-refractivity contribution < 1.29 is 13.9 Å². The van der Waals surface area contributed by atoms with Gasteiger partial charge in [-0.05, 0) is 56.9 Å². The van der Waals surface area contributed by atoms with Gasteiger partial charge >= 0.3 is 6.09 Å². The number of hydrogen-bond donors (Lipinski definition) is 1. The summed E-state index contributed by atoms with van der Waals surface area (Å²) in [6.45, 7) is 8.03. The summed E-state index contributed by atoms with van der Waals surface area (Å²) >= 11 is 0. The van der Waals surface area contributed by atoms with Crippen LogP contribution in [0.25, 0.3) is 0 Å². The molecule has 116 valence electrons. The molecule has 1 unspecified atom stereocenters. The zero-order valence-corrected chi connectivity index (χ0v) is 13.1. The number of benzene rings is 1. The fourth-order valence-corrected chi connectivity index (χ4v) is 2.44. The predicted molar refractivity (Wildman–Crippen MR) is 79.3 cm³/mol. The van der Waals surface area contributed by atoms with E-state index in [1.165, 1.54) is 6.07 Å². The maximum absolute atomic E-state index is 13.8. The maximum Gasteiger partial charge on any atom is 0.410 e. The maximum atomic E-state index is 13.8. The fourth-order valence-electron chi connectivity index (χ4n) is 2.44. The van der Waals surface area contributed by atoms with E-state index in [-0.39, 0.29) is 18.0 Å². The number of carbonyl (C=O) groups excluding carboxylic acids is 1. The van der Waals surface area contributed by atoms with Gasteiger partial charge in [0.05, 0.1) is 0 Å². The average Bonchev–Trinajstić information content (AvgIpc) is 2.49. The Morgan fingerprint density at radius 1 is 1.43 bits per heavy atom. The number of amides is 1. The van der Waals surface area contributed by atoms with Crippen molar-refractivity contribution in [2.45, 2.75) is 52.3 Å². The SMILES string of the molecule is Cc1cc2c(cc1F)CN(C(=O)OC(C)(C)C)CCC2N. The zero-order valence-electron chi connectivity index (χ0n) is 13.1. The number of carbonyl (C=O) groups is 1. The molecule has 5 heteroatoms. The molecule has 0 aliphatic carbocycles. The number of nitrogens with two attached hydrogens (primary N) is 1. The van der Waals surface area contributed by atoms with E-state index in [4.69, 9.17) is 10.5 Å². The van der Waals surface area contributed by atoms with Gasteiger partial charge in [0, 0.05) is 19.1 Å². The van der Waals surface area contributed by atoms with Crippen molar-refractivity contribution in [2.75, 3.05) is 6.54 Å². The normalized spacial score (nSPS) is 19.0. The van der Waals surface area contributed by atoms with E-state index in [9.17, 15) is 9.18 Å². The summed E-state index contributed by atoms with van der Waals surface area (Å²) in [4.78, 5) is 13.8. The molecular formula is C16H23FN2O2. The first-order chi connectivity index (χ1) is 9.67. The van der Waals surface area contributed by atoms with Crippen LogP contribution in [-0.4, -0.2) is 23.1 Å². The monoisotopic (exact) mass is 294 g/mol. The number of hydrogen-bond acceptors (Lipinski definition) is 3. The minimum atomic E-state index is -0.549. The topological polar surface area (TPSA) is 55.6 Å². The lowest BCUT2D eigenvalue weighted by Crippen LogP contribution is -2.36. The van der Waals surface area contributed by atoms with Gasteiger partial charge in [0.15, 0.2) is 0 Å². The van der Waals surface area contributed by atoms with E-state index < -0.39 is 5.60 Å². The first-order valence-corrected chi connectivity index (χ1v) is 7.20. The van der Waals surface area contributed by atoms with Gasteiger partial charge in [-0.15, -0.1) is 0 Å². The molecule has 1 heterocycles. The molecule has 1 aromatic rings. The number of aryl methyl sites for hydroxylation is 1. The zero-order chi connectivity index (χ0) is 15.8. The van der Waals surface area contributed by atoms with E-state index in [0.29, 0.717) is 25.1 Å². The highest BCUT2D eigenvalue weighted by Crippen LogP contribution is 2.28. The third kappa shape index (κ3) is 3.73. The summed E-state index contributed by atoms with van der Waals surface area (Å²) in [6, 6.07) is 3.08. The van der Waals surface area contributed by atoms with Gasteiger partial charge in [-0.1, -0.05) is 6.07 Å².